The zero-order valence-electron chi connectivity index (χ0n) is 15.2. The van der Waals surface area contributed by atoms with Gasteiger partial charge < -0.3 is 5.32 Å². The van der Waals surface area contributed by atoms with E-state index in [0.717, 1.165) is 9.87 Å². The lowest BCUT2D eigenvalue weighted by Crippen LogP contribution is -2.38. The molecular weight excluding hydrogens is 396 g/mol. The third kappa shape index (κ3) is 4.71. The maximum absolute atomic E-state index is 13.2. The molecule has 0 aliphatic rings. The lowest BCUT2D eigenvalue weighted by atomic mass is 10.2. The van der Waals surface area contributed by atoms with Crippen molar-refractivity contribution in [3.05, 3.63) is 89.4 Å². The van der Waals surface area contributed by atoms with Crippen molar-refractivity contribution >= 4 is 38.9 Å². The second kappa shape index (κ2) is 8.46. The van der Waals surface area contributed by atoms with E-state index in [4.69, 9.17) is 11.6 Å². The summed E-state index contributed by atoms with van der Waals surface area (Å²) >= 11 is 5.93. The monoisotopic (exact) mass is 414 g/mol. The Labute approximate surface area is 169 Å². The molecule has 0 aliphatic heterocycles. The molecule has 0 aliphatic carbocycles. The zero-order chi connectivity index (χ0) is 20.1. The van der Waals surface area contributed by atoms with Crippen molar-refractivity contribution in [3.8, 4) is 0 Å². The Balaban J connectivity index is 1.91. The molecule has 3 aromatic rings. The van der Waals surface area contributed by atoms with Gasteiger partial charge in [-0.3, -0.25) is 9.10 Å². The van der Waals surface area contributed by atoms with Crippen molar-refractivity contribution in [2.45, 2.75) is 11.8 Å². The fraction of sp³-hybridized carbons (Fsp3) is 0.0952. The number of nitrogens with one attached hydrogen (secondary N) is 1. The number of hydrogen-bond acceptors (Lipinski definition) is 3. The Bertz CT molecular complexity index is 1050. The molecular formula is C21H19ClN2O3S. The molecule has 7 heteroatoms. The fourth-order valence-corrected chi connectivity index (χ4v) is 4.18. The van der Waals surface area contributed by atoms with E-state index in [2.05, 4.69) is 5.32 Å². The van der Waals surface area contributed by atoms with E-state index in [1.165, 1.54) is 12.1 Å². The number of carbonyl (C=O) groups excluding carboxylic acids is 1. The van der Waals surface area contributed by atoms with Gasteiger partial charge in [0.15, 0.2) is 0 Å². The van der Waals surface area contributed by atoms with E-state index < -0.39 is 15.9 Å². The number of nitrogens with zero attached hydrogens (tertiary/aromatic N) is 1. The highest BCUT2D eigenvalue weighted by Crippen LogP contribution is 2.25. The number of rotatable bonds is 6. The van der Waals surface area contributed by atoms with Crippen LogP contribution in [-0.2, 0) is 14.8 Å². The number of aryl methyl sites for hydroxylation is 1. The van der Waals surface area contributed by atoms with Crippen LogP contribution < -0.4 is 9.62 Å². The SMILES string of the molecule is Cc1ccc(NC(=O)CN(c2ccc(Cl)cc2)S(=O)(=O)c2ccccc2)cc1. The van der Waals surface area contributed by atoms with Gasteiger partial charge in [-0.1, -0.05) is 47.5 Å². The third-order valence-electron chi connectivity index (χ3n) is 4.07. The molecule has 144 valence electrons. The predicted molar refractivity (Wildman–Crippen MR) is 112 cm³/mol. The van der Waals surface area contributed by atoms with Crippen molar-refractivity contribution in [1.82, 2.24) is 0 Å². The normalized spacial score (nSPS) is 11.1. The number of halogens is 1. The Morgan fingerprint density at radius 3 is 2.14 bits per heavy atom. The van der Waals surface area contributed by atoms with Crippen LogP contribution in [0, 0.1) is 6.92 Å². The van der Waals surface area contributed by atoms with Crippen molar-refractivity contribution in [2.75, 3.05) is 16.2 Å². The summed E-state index contributed by atoms with van der Waals surface area (Å²) in [4.78, 5) is 12.7. The molecule has 0 atom stereocenters. The van der Waals surface area contributed by atoms with Gasteiger partial charge in [0.05, 0.1) is 10.6 Å². The van der Waals surface area contributed by atoms with Crippen LogP contribution in [0.4, 0.5) is 11.4 Å². The highest BCUT2D eigenvalue weighted by Gasteiger charge is 2.27. The molecule has 1 N–H and O–H groups in total. The van der Waals surface area contributed by atoms with Crippen LogP contribution in [-0.4, -0.2) is 20.9 Å². The first-order valence-corrected chi connectivity index (χ1v) is 10.4. The van der Waals surface area contributed by atoms with Crippen molar-refractivity contribution in [2.24, 2.45) is 0 Å². The van der Waals surface area contributed by atoms with Gasteiger partial charge in [-0.2, -0.15) is 0 Å². The summed E-state index contributed by atoms with van der Waals surface area (Å²) in [5, 5.41) is 3.21. The third-order valence-corrected chi connectivity index (χ3v) is 6.11. The second-order valence-corrected chi connectivity index (χ2v) is 8.51. The van der Waals surface area contributed by atoms with Crippen LogP contribution >= 0.6 is 11.6 Å². The minimum Gasteiger partial charge on any atom is -0.325 e. The zero-order valence-corrected chi connectivity index (χ0v) is 16.7. The van der Waals surface area contributed by atoms with Gasteiger partial charge in [0, 0.05) is 10.7 Å². The van der Waals surface area contributed by atoms with Crippen LogP contribution in [0.1, 0.15) is 5.56 Å². The van der Waals surface area contributed by atoms with Crippen LogP contribution in [0.25, 0.3) is 0 Å². The minimum atomic E-state index is -3.93. The summed E-state index contributed by atoms with van der Waals surface area (Å²) in [6, 6.07) is 21.6. The van der Waals surface area contributed by atoms with Crippen LogP contribution in [0.3, 0.4) is 0 Å². The number of benzene rings is 3. The average molecular weight is 415 g/mol. The van der Waals surface area contributed by atoms with Crippen LogP contribution in [0.15, 0.2) is 83.8 Å². The highest BCUT2D eigenvalue weighted by atomic mass is 35.5. The van der Waals surface area contributed by atoms with Crippen LogP contribution in [0.5, 0.6) is 0 Å². The van der Waals surface area contributed by atoms with Crippen molar-refractivity contribution < 1.29 is 13.2 Å². The molecule has 0 aromatic heterocycles. The van der Waals surface area contributed by atoms with E-state index in [9.17, 15) is 13.2 Å². The first kappa shape index (κ1) is 19.9. The molecule has 0 unspecified atom stereocenters. The van der Waals surface area contributed by atoms with Gasteiger partial charge in [0.2, 0.25) is 5.91 Å². The molecule has 0 saturated heterocycles. The number of carbonyl (C=O) groups is 1. The molecule has 1 amide bonds. The molecule has 3 rings (SSSR count). The fourth-order valence-electron chi connectivity index (χ4n) is 2.61. The van der Waals surface area contributed by atoms with E-state index in [-0.39, 0.29) is 11.4 Å². The van der Waals surface area contributed by atoms with Crippen LogP contribution in [0.2, 0.25) is 5.02 Å². The Morgan fingerprint density at radius 2 is 1.54 bits per heavy atom. The first-order valence-electron chi connectivity index (χ1n) is 8.56. The molecule has 0 fully saturated rings. The topological polar surface area (TPSA) is 66.5 Å². The first-order chi connectivity index (χ1) is 13.4. The quantitative estimate of drug-likeness (QED) is 0.646. The summed E-state index contributed by atoms with van der Waals surface area (Å²) in [6.07, 6.45) is 0. The molecule has 5 nitrogen and oxygen atoms in total. The smallest absolute Gasteiger partial charge is 0.264 e. The van der Waals surface area contributed by atoms with Crippen molar-refractivity contribution in [3.63, 3.8) is 0 Å². The Morgan fingerprint density at radius 1 is 0.929 bits per heavy atom. The maximum Gasteiger partial charge on any atom is 0.264 e. The molecule has 3 aromatic carbocycles. The van der Waals surface area contributed by atoms with Gasteiger partial charge >= 0.3 is 0 Å². The van der Waals surface area contributed by atoms with Gasteiger partial charge in [-0.15, -0.1) is 0 Å². The van der Waals surface area contributed by atoms with Gasteiger partial charge in [0.25, 0.3) is 10.0 Å². The Kier molecular flexibility index (Phi) is 6.02. The number of sulfonamides is 1. The van der Waals surface area contributed by atoms with E-state index in [1.54, 1.807) is 54.6 Å². The summed E-state index contributed by atoms with van der Waals surface area (Å²) < 4.78 is 27.4. The predicted octanol–water partition coefficient (Wildman–Crippen LogP) is 4.48. The minimum absolute atomic E-state index is 0.105. The summed E-state index contributed by atoms with van der Waals surface area (Å²) in [6.45, 7) is 1.58. The molecule has 0 saturated carbocycles. The summed E-state index contributed by atoms with van der Waals surface area (Å²) in [7, 11) is -3.93. The molecule has 0 spiro atoms. The van der Waals surface area contributed by atoms with E-state index in [1.807, 2.05) is 19.1 Å². The van der Waals surface area contributed by atoms with Gasteiger partial charge in [-0.25, -0.2) is 8.42 Å². The Hall–Kier alpha value is -2.83. The van der Waals surface area contributed by atoms with E-state index in [0.29, 0.717) is 16.4 Å². The lowest BCUT2D eigenvalue weighted by Gasteiger charge is -2.24. The lowest BCUT2D eigenvalue weighted by molar-refractivity contribution is -0.114. The summed E-state index contributed by atoms with van der Waals surface area (Å²) in [5.41, 5.74) is 2.02. The second-order valence-electron chi connectivity index (χ2n) is 6.22. The van der Waals surface area contributed by atoms with Crippen molar-refractivity contribution in [1.29, 1.82) is 0 Å². The highest BCUT2D eigenvalue weighted by molar-refractivity contribution is 7.92. The summed E-state index contributed by atoms with van der Waals surface area (Å²) in [5.74, 6) is -0.446. The molecule has 0 radical (unpaired) electrons. The number of amides is 1. The standard InChI is InChI=1S/C21H19ClN2O3S/c1-16-7-11-18(12-8-16)23-21(25)15-24(19-13-9-17(22)10-14-19)28(26,27)20-5-3-2-4-6-20/h2-14H,15H2,1H3,(H,23,25). The van der Waals surface area contributed by atoms with Gasteiger partial charge in [-0.05, 0) is 55.5 Å². The van der Waals surface area contributed by atoms with Gasteiger partial charge in [0.1, 0.15) is 6.54 Å². The number of anilines is 2. The molecule has 28 heavy (non-hydrogen) atoms. The molecule has 0 bridgehead atoms. The maximum atomic E-state index is 13.2. The van der Waals surface area contributed by atoms with E-state index >= 15 is 0 Å². The molecule has 0 heterocycles. The largest absolute Gasteiger partial charge is 0.325 e. The number of hydrogen-bond donors (Lipinski definition) is 1. The average Bonchev–Trinajstić information content (AvgIpc) is 2.69.